The van der Waals surface area contributed by atoms with Gasteiger partial charge in [0.05, 0.1) is 0 Å². The van der Waals surface area contributed by atoms with Crippen molar-refractivity contribution in [2.75, 3.05) is 45.3 Å². The van der Waals surface area contributed by atoms with E-state index in [2.05, 4.69) is 21.6 Å². The lowest BCUT2D eigenvalue weighted by molar-refractivity contribution is 0.322. The molecule has 2 rings (SSSR count). The van der Waals surface area contributed by atoms with E-state index in [0.717, 1.165) is 28.8 Å². The number of nitrogens with one attached hydrogen (secondary N) is 1. The Bertz CT molecular complexity index is 569. The van der Waals surface area contributed by atoms with Crippen LogP contribution in [0.1, 0.15) is 12.8 Å². The number of likely N-dealkylation sites (tertiary alicyclic amines) is 1. The summed E-state index contributed by atoms with van der Waals surface area (Å²) < 4.78 is 29.6. The molecule has 7 nitrogen and oxygen atoms in total. The van der Waals surface area contributed by atoms with Gasteiger partial charge in [-0.05, 0) is 38.0 Å². The maximum absolute atomic E-state index is 12.3. The second-order valence-corrected chi connectivity index (χ2v) is 8.03. The Morgan fingerprint density at radius 1 is 1.55 bits per heavy atom. The molecular weight excluding hydrogens is 298 g/mol. The molecule has 114 valence electrons. The van der Waals surface area contributed by atoms with Gasteiger partial charge in [0, 0.05) is 26.7 Å². The van der Waals surface area contributed by atoms with Gasteiger partial charge in [0.15, 0.2) is 10.7 Å². The molecule has 1 fully saturated rings. The van der Waals surface area contributed by atoms with E-state index in [1.54, 1.807) is 0 Å². The maximum atomic E-state index is 12.3. The van der Waals surface area contributed by atoms with Crippen LogP contribution in [-0.4, -0.2) is 62.3 Å². The van der Waals surface area contributed by atoms with Crippen LogP contribution in [-0.2, 0) is 10.0 Å². The van der Waals surface area contributed by atoms with Gasteiger partial charge in [0.1, 0.15) is 5.00 Å². The first-order chi connectivity index (χ1) is 9.34. The van der Waals surface area contributed by atoms with E-state index in [9.17, 15) is 8.42 Å². The molecule has 1 aliphatic heterocycles. The minimum Gasteiger partial charge on any atom is -0.382 e. The van der Waals surface area contributed by atoms with E-state index in [0.29, 0.717) is 17.6 Å². The Labute approximate surface area is 124 Å². The number of sulfonamides is 1. The third-order valence-electron chi connectivity index (χ3n) is 3.58. The number of rotatable bonds is 5. The Morgan fingerprint density at radius 2 is 2.25 bits per heavy atom. The predicted octanol–water partition coefficient (Wildman–Crippen LogP) is 0.482. The molecule has 1 atom stereocenters. The van der Waals surface area contributed by atoms with Gasteiger partial charge < -0.3 is 16.0 Å². The van der Waals surface area contributed by atoms with Crippen LogP contribution >= 0.6 is 11.5 Å². The van der Waals surface area contributed by atoms with Crippen LogP contribution in [0.2, 0.25) is 0 Å². The van der Waals surface area contributed by atoms with E-state index in [1.807, 2.05) is 0 Å². The van der Waals surface area contributed by atoms with Gasteiger partial charge in [-0.25, -0.2) is 12.7 Å². The first-order valence-electron chi connectivity index (χ1n) is 6.46. The second-order valence-electron chi connectivity index (χ2n) is 5.17. The number of nitrogens with zero attached hydrogens (tertiary/aromatic N) is 3. The molecule has 1 aliphatic rings. The topological polar surface area (TPSA) is 91.6 Å². The molecule has 0 radical (unpaired) electrons. The van der Waals surface area contributed by atoms with Gasteiger partial charge in [-0.2, -0.15) is 4.37 Å². The van der Waals surface area contributed by atoms with Crippen LogP contribution in [0.5, 0.6) is 0 Å². The summed E-state index contributed by atoms with van der Waals surface area (Å²) in [7, 11) is 1.48. The van der Waals surface area contributed by atoms with Crippen molar-refractivity contribution in [3.05, 3.63) is 0 Å². The molecule has 2 heterocycles. The Morgan fingerprint density at radius 3 is 2.80 bits per heavy atom. The fourth-order valence-corrected chi connectivity index (χ4v) is 4.37. The fourth-order valence-electron chi connectivity index (χ4n) is 2.29. The van der Waals surface area contributed by atoms with Gasteiger partial charge >= 0.3 is 0 Å². The summed E-state index contributed by atoms with van der Waals surface area (Å²) >= 11 is 1.09. The molecule has 1 unspecified atom stereocenters. The second kappa shape index (κ2) is 5.84. The lowest BCUT2D eigenvalue weighted by Gasteiger charge is -2.20. The van der Waals surface area contributed by atoms with Crippen LogP contribution in [0.3, 0.4) is 0 Å². The Hall–Kier alpha value is -0.900. The van der Waals surface area contributed by atoms with E-state index in [1.165, 1.54) is 20.5 Å². The van der Waals surface area contributed by atoms with Crippen LogP contribution in [0, 0.1) is 0 Å². The molecule has 0 aromatic carbocycles. The smallest absolute Gasteiger partial charge is 0.249 e. The van der Waals surface area contributed by atoms with E-state index in [-0.39, 0.29) is 10.7 Å². The average Bonchev–Trinajstić information content (AvgIpc) is 2.93. The summed E-state index contributed by atoms with van der Waals surface area (Å²) in [6.45, 7) is 1.79. The summed E-state index contributed by atoms with van der Waals surface area (Å²) in [5, 5.41) is 3.72. The first-order valence-corrected chi connectivity index (χ1v) is 8.67. The zero-order valence-electron chi connectivity index (χ0n) is 12.0. The summed E-state index contributed by atoms with van der Waals surface area (Å²) in [4.78, 5) is 2.37. The number of anilines is 2. The fraction of sp³-hybridized carbons (Fsp3) is 0.727. The predicted molar refractivity (Wildman–Crippen MR) is 81.5 cm³/mol. The number of hydrogen-bond donors (Lipinski definition) is 2. The summed E-state index contributed by atoms with van der Waals surface area (Å²) in [6.07, 6.45) is 2.30. The van der Waals surface area contributed by atoms with Gasteiger partial charge in [-0.15, -0.1) is 0 Å². The monoisotopic (exact) mass is 319 g/mol. The molecule has 1 saturated heterocycles. The SMILES string of the molecule is CN1CCCC1CNc1snc(N)c1S(=O)(=O)N(C)C. The van der Waals surface area contributed by atoms with Crippen molar-refractivity contribution in [1.29, 1.82) is 0 Å². The average molecular weight is 319 g/mol. The van der Waals surface area contributed by atoms with Gasteiger partial charge in [0.2, 0.25) is 10.0 Å². The molecular formula is C11H21N5O2S2. The summed E-state index contributed by atoms with van der Waals surface area (Å²) in [5.41, 5.74) is 5.72. The van der Waals surface area contributed by atoms with Gasteiger partial charge in [-0.3, -0.25) is 0 Å². The molecule has 1 aromatic rings. The van der Waals surface area contributed by atoms with Crippen LogP contribution in [0.25, 0.3) is 0 Å². The van der Waals surface area contributed by atoms with Crippen molar-refractivity contribution in [1.82, 2.24) is 13.6 Å². The minimum atomic E-state index is -3.57. The third-order valence-corrected chi connectivity index (χ3v) is 6.42. The van der Waals surface area contributed by atoms with Crippen LogP contribution in [0.15, 0.2) is 4.90 Å². The van der Waals surface area contributed by atoms with E-state index >= 15 is 0 Å². The van der Waals surface area contributed by atoms with Gasteiger partial charge in [-0.1, -0.05) is 0 Å². The highest BCUT2D eigenvalue weighted by molar-refractivity contribution is 7.89. The van der Waals surface area contributed by atoms with Crippen LogP contribution < -0.4 is 11.1 Å². The highest BCUT2D eigenvalue weighted by Crippen LogP contribution is 2.33. The summed E-state index contributed by atoms with van der Waals surface area (Å²) in [5.74, 6) is 0.0611. The van der Waals surface area contributed by atoms with E-state index in [4.69, 9.17) is 5.73 Å². The number of nitrogen functional groups attached to an aromatic ring is 1. The zero-order chi connectivity index (χ0) is 14.9. The molecule has 0 amide bonds. The lowest BCUT2D eigenvalue weighted by Crippen LogP contribution is -2.32. The highest BCUT2D eigenvalue weighted by Gasteiger charge is 2.28. The molecule has 3 N–H and O–H groups in total. The third kappa shape index (κ3) is 2.90. The molecule has 0 bridgehead atoms. The van der Waals surface area contributed by atoms with Crippen molar-refractivity contribution in [2.24, 2.45) is 0 Å². The zero-order valence-corrected chi connectivity index (χ0v) is 13.6. The first kappa shape index (κ1) is 15.5. The van der Waals surface area contributed by atoms with Crippen molar-refractivity contribution in [2.45, 2.75) is 23.8 Å². The minimum absolute atomic E-state index is 0.0611. The van der Waals surface area contributed by atoms with Crippen molar-refractivity contribution in [3.8, 4) is 0 Å². The summed E-state index contributed by atoms with van der Waals surface area (Å²) in [6, 6.07) is 0.424. The van der Waals surface area contributed by atoms with Crippen molar-refractivity contribution < 1.29 is 8.42 Å². The molecule has 1 aromatic heterocycles. The van der Waals surface area contributed by atoms with E-state index < -0.39 is 10.0 Å². The Kier molecular flexibility index (Phi) is 4.52. The van der Waals surface area contributed by atoms with Gasteiger partial charge in [0.25, 0.3) is 0 Å². The number of hydrogen-bond acceptors (Lipinski definition) is 7. The Balaban J connectivity index is 2.17. The largest absolute Gasteiger partial charge is 0.382 e. The lowest BCUT2D eigenvalue weighted by atomic mass is 10.2. The van der Waals surface area contributed by atoms with Crippen LogP contribution in [0.4, 0.5) is 10.8 Å². The normalized spacial score (nSPS) is 20.7. The van der Waals surface area contributed by atoms with Crippen molar-refractivity contribution in [3.63, 3.8) is 0 Å². The highest BCUT2D eigenvalue weighted by atomic mass is 32.2. The number of nitrogens with two attached hydrogens (primary N) is 1. The number of likely N-dealkylation sites (N-methyl/N-ethyl adjacent to an activating group) is 1. The number of aromatic nitrogens is 1. The molecule has 9 heteroatoms. The molecule has 0 spiro atoms. The standard InChI is InChI=1S/C11H21N5O2S2/c1-15(2)20(17,18)9-10(12)14-19-11(9)13-7-8-5-4-6-16(8)3/h8,13H,4-7H2,1-3H3,(H2,12,14). The maximum Gasteiger partial charge on any atom is 0.249 e. The van der Waals surface area contributed by atoms with Crippen molar-refractivity contribution >= 4 is 32.4 Å². The molecule has 0 aliphatic carbocycles. The molecule has 20 heavy (non-hydrogen) atoms. The quantitative estimate of drug-likeness (QED) is 0.820. The molecule has 0 saturated carbocycles.